The van der Waals surface area contributed by atoms with Crippen molar-refractivity contribution in [2.45, 2.75) is 25.4 Å². The summed E-state index contributed by atoms with van der Waals surface area (Å²) in [4.78, 5) is 15.9. The smallest absolute Gasteiger partial charge is 0.264 e. The van der Waals surface area contributed by atoms with E-state index in [1.165, 1.54) is 10.4 Å². The number of amides is 1. The summed E-state index contributed by atoms with van der Waals surface area (Å²) in [7, 11) is 2.03. The van der Waals surface area contributed by atoms with Gasteiger partial charge in [-0.25, -0.2) is 0 Å². The van der Waals surface area contributed by atoms with Crippen LogP contribution in [0.2, 0.25) is 0 Å². The van der Waals surface area contributed by atoms with Crippen molar-refractivity contribution < 1.29 is 4.79 Å². The largest absolute Gasteiger partial charge is 0.353 e. The Bertz CT molecular complexity index is 795. The van der Waals surface area contributed by atoms with Gasteiger partial charge in [-0.3, -0.25) is 4.79 Å². The van der Waals surface area contributed by atoms with Gasteiger partial charge in [-0.15, -0.1) is 11.3 Å². The van der Waals surface area contributed by atoms with E-state index < -0.39 is 0 Å². The second-order valence-electron chi connectivity index (χ2n) is 5.92. The Morgan fingerprint density at radius 2 is 2.09 bits per heavy atom. The van der Waals surface area contributed by atoms with Gasteiger partial charge in [-0.2, -0.15) is 0 Å². The maximum Gasteiger partial charge on any atom is 0.264 e. The molecule has 4 heteroatoms. The van der Waals surface area contributed by atoms with Gasteiger partial charge in [0.1, 0.15) is 0 Å². The molecule has 0 atom stereocenters. The second-order valence-corrected chi connectivity index (χ2v) is 7.01. The Kier molecular flexibility index (Phi) is 3.26. The maximum absolute atomic E-state index is 13.0. The fraction of sp³-hybridized carbons (Fsp3) is 0.278. The van der Waals surface area contributed by atoms with Gasteiger partial charge in [-0.1, -0.05) is 18.2 Å². The Hall–Kier alpha value is -2.07. The lowest BCUT2D eigenvalue weighted by Gasteiger charge is -2.22. The molecule has 1 aliphatic carbocycles. The number of aromatic nitrogens is 1. The van der Waals surface area contributed by atoms with Crippen LogP contribution in [0.15, 0.2) is 48.7 Å². The number of carbonyl (C=O) groups excluding carboxylic acids is 1. The van der Waals surface area contributed by atoms with Crippen molar-refractivity contribution in [2.24, 2.45) is 7.05 Å². The summed E-state index contributed by atoms with van der Waals surface area (Å²) in [6.07, 6.45) is 4.28. The molecule has 0 unspecified atom stereocenters. The number of hydrogen-bond acceptors (Lipinski definition) is 2. The molecule has 1 fully saturated rings. The zero-order chi connectivity index (χ0) is 15.1. The third-order valence-corrected chi connectivity index (χ3v) is 5.37. The fourth-order valence-corrected chi connectivity index (χ4v) is 3.84. The zero-order valence-corrected chi connectivity index (χ0v) is 13.3. The molecule has 0 spiro atoms. The minimum atomic E-state index is 0.171. The van der Waals surface area contributed by atoms with Crippen LogP contribution in [0.4, 0.5) is 0 Å². The van der Waals surface area contributed by atoms with E-state index in [0.29, 0.717) is 12.6 Å². The first-order valence-electron chi connectivity index (χ1n) is 7.62. The highest BCUT2D eigenvalue weighted by Gasteiger charge is 2.34. The van der Waals surface area contributed by atoms with E-state index in [9.17, 15) is 4.79 Å². The highest BCUT2D eigenvalue weighted by molar-refractivity contribution is 7.20. The molecular formula is C18H18N2OS. The van der Waals surface area contributed by atoms with E-state index in [1.807, 2.05) is 42.4 Å². The van der Waals surface area contributed by atoms with Gasteiger partial charge in [0, 0.05) is 29.7 Å². The molecule has 112 valence electrons. The van der Waals surface area contributed by atoms with E-state index in [1.54, 1.807) is 11.3 Å². The number of aryl methyl sites for hydroxylation is 1. The molecule has 1 aromatic carbocycles. The average molecular weight is 310 g/mol. The summed E-state index contributed by atoms with van der Waals surface area (Å²) in [6, 6.07) is 14.8. The molecule has 2 aromatic heterocycles. The van der Waals surface area contributed by atoms with Gasteiger partial charge >= 0.3 is 0 Å². The number of hydrogen-bond donors (Lipinski definition) is 0. The second kappa shape index (κ2) is 5.29. The lowest BCUT2D eigenvalue weighted by Crippen LogP contribution is -2.32. The lowest BCUT2D eigenvalue weighted by molar-refractivity contribution is 0.0731. The van der Waals surface area contributed by atoms with Gasteiger partial charge in [0.05, 0.1) is 11.4 Å². The quantitative estimate of drug-likeness (QED) is 0.714. The lowest BCUT2D eigenvalue weighted by atomic mass is 10.2. The summed E-state index contributed by atoms with van der Waals surface area (Å²) < 4.78 is 3.27. The van der Waals surface area contributed by atoms with Crippen molar-refractivity contribution in [3.8, 4) is 0 Å². The van der Waals surface area contributed by atoms with Crippen molar-refractivity contribution >= 4 is 27.3 Å². The van der Waals surface area contributed by atoms with Crippen molar-refractivity contribution in [1.82, 2.24) is 9.47 Å². The average Bonchev–Trinajstić information content (AvgIpc) is 3.14. The molecule has 0 N–H and O–H groups in total. The van der Waals surface area contributed by atoms with Gasteiger partial charge in [0.25, 0.3) is 5.91 Å². The van der Waals surface area contributed by atoms with E-state index >= 15 is 0 Å². The minimum Gasteiger partial charge on any atom is -0.353 e. The van der Waals surface area contributed by atoms with Crippen molar-refractivity contribution in [3.05, 3.63) is 59.2 Å². The molecule has 3 aromatic rings. The summed E-state index contributed by atoms with van der Waals surface area (Å²) in [5, 5.41) is 1.16. The van der Waals surface area contributed by atoms with Crippen LogP contribution in [0.25, 0.3) is 10.1 Å². The molecular weight excluding hydrogens is 292 g/mol. The van der Waals surface area contributed by atoms with Crippen LogP contribution < -0.4 is 0 Å². The fourth-order valence-electron chi connectivity index (χ4n) is 2.82. The number of carbonyl (C=O) groups is 1. The van der Waals surface area contributed by atoms with Gasteiger partial charge in [-0.05, 0) is 42.5 Å². The van der Waals surface area contributed by atoms with Crippen molar-refractivity contribution in [2.75, 3.05) is 0 Å². The monoisotopic (exact) mass is 310 g/mol. The first kappa shape index (κ1) is 13.6. The molecule has 0 aliphatic heterocycles. The van der Waals surface area contributed by atoms with Crippen LogP contribution in [0.1, 0.15) is 28.2 Å². The normalized spacial score (nSPS) is 14.4. The van der Waals surface area contributed by atoms with Crippen molar-refractivity contribution in [1.29, 1.82) is 0 Å². The molecule has 4 rings (SSSR count). The van der Waals surface area contributed by atoms with Gasteiger partial charge in [0.15, 0.2) is 0 Å². The van der Waals surface area contributed by atoms with Crippen molar-refractivity contribution in [3.63, 3.8) is 0 Å². The molecule has 0 saturated heterocycles. The number of nitrogens with zero attached hydrogens (tertiary/aromatic N) is 2. The molecule has 22 heavy (non-hydrogen) atoms. The first-order chi connectivity index (χ1) is 10.7. The number of benzene rings is 1. The highest BCUT2D eigenvalue weighted by atomic mass is 32.1. The zero-order valence-electron chi connectivity index (χ0n) is 12.5. The summed E-state index contributed by atoms with van der Waals surface area (Å²) >= 11 is 1.60. The Morgan fingerprint density at radius 1 is 1.27 bits per heavy atom. The maximum atomic E-state index is 13.0. The van der Waals surface area contributed by atoms with E-state index in [0.717, 1.165) is 23.1 Å². The van der Waals surface area contributed by atoms with Crippen LogP contribution in [0.3, 0.4) is 0 Å². The standard InChI is InChI=1S/C18H18N2OS/c1-19-10-4-6-15(19)12-20(14-8-9-14)18(21)17-11-13-5-2-3-7-16(13)22-17/h2-7,10-11,14H,8-9,12H2,1H3. The number of rotatable bonds is 4. The molecule has 1 aliphatic rings. The van der Waals surface area contributed by atoms with Gasteiger partial charge in [0.2, 0.25) is 0 Å². The van der Waals surface area contributed by atoms with Crippen LogP contribution >= 0.6 is 11.3 Å². The number of thiophene rings is 1. The summed E-state index contributed by atoms with van der Waals surface area (Å²) in [5.41, 5.74) is 1.18. The van der Waals surface area contributed by atoms with E-state index in [4.69, 9.17) is 0 Å². The third kappa shape index (κ3) is 2.44. The van der Waals surface area contributed by atoms with Crippen LogP contribution in [-0.4, -0.2) is 21.4 Å². The highest BCUT2D eigenvalue weighted by Crippen LogP contribution is 2.33. The molecule has 1 amide bonds. The SMILES string of the molecule is Cn1cccc1CN(C(=O)c1cc2ccccc2s1)C1CC1. The minimum absolute atomic E-state index is 0.171. The van der Waals surface area contributed by atoms with Crippen LogP contribution in [0, 0.1) is 0 Å². The predicted molar refractivity (Wildman–Crippen MR) is 90.1 cm³/mol. The van der Waals surface area contributed by atoms with Crippen LogP contribution in [0.5, 0.6) is 0 Å². The van der Waals surface area contributed by atoms with Crippen LogP contribution in [-0.2, 0) is 13.6 Å². The summed E-state index contributed by atoms with van der Waals surface area (Å²) in [6.45, 7) is 0.696. The van der Waals surface area contributed by atoms with E-state index in [2.05, 4.69) is 22.8 Å². The molecule has 2 heterocycles. The molecule has 0 bridgehead atoms. The molecule has 1 saturated carbocycles. The Balaban J connectivity index is 1.64. The number of fused-ring (bicyclic) bond motifs is 1. The topological polar surface area (TPSA) is 25.2 Å². The van der Waals surface area contributed by atoms with E-state index in [-0.39, 0.29) is 5.91 Å². The Morgan fingerprint density at radius 3 is 2.77 bits per heavy atom. The third-order valence-electron chi connectivity index (χ3n) is 4.27. The molecule has 3 nitrogen and oxygen atoms in total. The molecule has 0 radical (unpaired) electrons. The van der Waals surface area contributed by atoms with Gasteiger partial charge < -0.3 is 9.47 Å². The summed E-state index contributed by atoms with van der Waals surface area (Å²) in [5.74, 6) is 0.171. The predicted octanol–water partition coefficient (Wildman–Crippen LogP) is 4.04. The first-order valence-corrected chi connectivity index (χ1v) is 8.44. The Labute approximate surface area is 133 Å².